The Bertz CT molecular complexity index is 758. The molecular weight excluding hydrogens is 274 g/mol. The Morgan fingerprint density at radius 3 is 2.80 bits per heavy atom. The smallest absolute Gasteiger partial charge is 0.155 e. The van der Waals surface area contributed by atoms with Crippen molar-refractivity contribution in [1.82, 2.24) is 24.3 Å². The third kappa shape index (κ3) is 1.89. The molecule has 0 amide bonds. The zero-order valence-electron chi connectivity index (χ0n) is 11.7. The van der Waals surface area contributed by atoms with Crippen molar-refractivity contribution < 1.29 is 0 Å². The van der Waals surface area contributed by atoms with Crippen LogP contribution in [0.1, 0.15) is 30.2 Å². The molecule has 0 fully saturated rings. The zero-order chi connectivity index (χ0) is 14.3. The molecule has 0 N–H and O–H groups in total. The van der Waals surface area contributed by atoms with Crippen LogP contribution in [0.15, 0.2) is 24.5 Å². The first-order valence-corrected chi connectivity index (χ1v) is 7.03. The molecular formula is C14H16ClN5. The Morgan fingerprint density at radius 2 is 2.15 bits per heavy atom. The maximum Gasteiger partial charge on any atom is 0.155 e. The molecule has 3 rings (SSSR count). The quantitative estimate of drug-likeness (QED) is 0.697. The van der Waals surface area contributed by atoms with E-state index in [0.717, 1.165) is 28.2 Å². The monoisotopic (exact) mass is 289 g/mol. The third-order valence-corrected chi connectivity index (χ3v) is 3.86. The van der Waals surface area contributed by atoms with Gasteiger partial charge in [0.15, 0.2) is 5.82 Å². The van der Waals surface area contributed by atoms with E-state index in [4.69, 9.17) is 11.6 Å². The second-order valence-electron chi connectivity index (χ2n) is 4.95. The zero-order valence-corrected chi connectivity index (χ0v) is 12.5. The lowest BCUT2D eigenvalue weighted by atomic mass is 10.2. The summed E-state index contributed by atoms with van der Waals surface area (Å²) in [5, 5.41) is 8.15. The fraction of sp³-hybridized carbons (Fsp3) is 0.357. The van der Waals surface area contributed by atoms with Crippen LogP contribution in [-0.4, -0.2) is 24.3 Å². The summed E-state index contributed by atoms with van der Waals surface area (Å²) in [6.07, 6.45) is 1.70. The van der Waals surface area contributed by atoms with Crippen molar-refractivity contribution in [3.8, 4) is 0 Å². The van der Waals surface area contributed by atoms with Gasteiger partial charge in [0.2, 0.25) is 0 Å². The number of hydrogen-bond acceptors (Lipinski definition) is 3. The molecule has 2 heterocycles. The third-order valence-electron chi connectivity index (χ3n) is 3.62. The number of imidazole rings is 1. The number of aromatic nitrogens is 5. The van der Waals surface area contributed by atoms with Gasteiger partial charge in [0, 0.05) is 7.05 Å². The highest BCUT2D eigenvalue weighted by atomic mass is 35.5. The number of nitrogens with zero attached hydrogens (tertiary/aromatic N) is 5. The molecule has 1 aromatic carbocycles. The number of alkyl halides is 1. The van der Waals surface area contributed by atoms with Crippen molar-refractivity contribution in [2.45, 2.75) is 25.8 Å². The minimum absolute atomic E-state index is 0.0306. The number of para-hydroxylation sites is 1. The normalized spacial score (nSPS) is 13.0. The lowest BCUT2D eigenvalue weighted by Gasteiger charge is -2.16. The molecule has 6 heteroatoms. The maximum absolute atomic E-state index is 6.07. The Hall–Kier alpha value is -1.88. The van der Waals surface area contributed by atoms with Crippen molar-refractivity contribution >= 4 is 22.6 Å². The Kier molecular flexibility index (Phi) is 3.22. The summed E-state index contributed by atoms with van der Waals surface area (Å²) >= 11 is 6.07. The van der Waals surface area contributed by atoms with Gasteiger partial charge in [-0.3, -0.25) is 0 Å². The fourth-order valence-electron chi connectivity index (χ4n) is 2.62. The standard InChI is InChI=1S/C14H16ClN5/c1-9-5-4-6-11-13(9)17-12(7-15)20(11)10(2)14-18-16-8-19(14)3/h4-6,8,10H,7H2,1-3H3. The average molecular weight is 290 g/mol. The number of fused-ring (bicyclic) bond motifs is 1. The van der Waals surface area contributed by atoms with Gasteiger partial charge in [0.05, 0.1) is 23.0 Å². The summed E-state index contributed by atoms with van der Waals surface area (Å²) in [5.41, 5.74) is 3.23. The van der Waals surface area contributed by atoms with Gasteiger partial charge in [0.25, 0.3) is 0 Å². The van der Waals surface area contributed by atoms with Crippen LogP contribution in [0.5, 0.6) is 0 Å². The van der Waals surface area contributed by atoms with Crippen LogP contribution in [0.3, 0.4) is 0 Å². The summed E-state index contributed by atoms with van der Waals surface area (Å²) in [6.45, 7) is 4.15. The highest BCUT2D eigenvalue weighted by Crippen LogP contribution is 2.27. The number of aryl methyl sites for hydroxylation is 2. The van der Waals surface area contributed by atoms with E-state index in [2.05, 4.69) is 45.7 Å². The predicted octanol–water partition coefficient (Wildman–Crippen LogP) is 2.82. The Balaban J connectivity index is 2.25. The summed E-state index contributed by atoms with van der Waals surface area (Å²) in [6, 6.07) is 6.20. The van der Waals surface area contributed by atoms with E-state index in [0.29, 0.717) is 5.88 Å². The van der Waals surface area contributed by atoms with Gasteiger partial charge in [0.1, 0.15) is 12.2 Å². The van der Waals surface area contributed by atoms with E-state index in [1.54, 1.807) is 6.33 Å². The minimum Gasteiger partial charge on any atom is -0.319 e. The highest BCUT2D eigenvalue weighted by Gasteiger charge is 2.20. The summed E-state index contributed by atoms with van der Waals surface area (Å²) in [4.78, 5) is 4.66. The Labute approximate surface area is 122 Å². The molecule has 0 radical (unpaired) electrons. The number of halogens is 1. The summed E-state index contributed by atoms with van der Waals surface area (Å²) < 4.78 is 4.06. The van der Waals surface area contributed by atoms with Crippen molar-refractivity contribution in [3.05, 3.63) is 41.7 Å². The van der Waals surface area contributed by atoms with Gasteiger partial charge in [-0.25, -0.2) is 4.98 Å². The molecule has 0 saturated heterocycles. The fourth-order valence-corrected chi connectivity index (χ4v) is 2.81. The van der Waals surface area contributed by atoms with E-state index in [1.807, 2.05) is 17.7 Å². The molecule has 1 atom stereocenters. The molecule has 3 aromatic rings. The largest absolute Gasteiger partial charge is 0.319 e. The van der Waals surface area contributed by atoms with Gasteiger partial charge in [-0.2, -0.15) is 0 Å². The number of hydrogen-bond donors (Lipinski definition) is 0. The maximum atomic E-state index is 6.07. The molecule has 104 valence electrons. The number of rotatable bonds is 3. The summed E-state index contributed by atoms with van der Waals surface area (Å²) in [7, 11) is 1.94. The van der Waals surface area contributed by atoms with Gasteiger partial charge in [-0.05, 0) is 25.5 Å². The van der Waals surface area contributed by atoms with Crippen LogP contribution < -0.4 is 0 Å². The van der Waals surface area contributed by atoms with Gasteiger partial charge in [-0.15, -0.1) is 21.8 Å². The molecule has 0 aliphatic heterocycles. The van der Waals surface area contributed by atoms with Crippen molar-refractivity contribution in [1.29, 1.82) is 0 Å². The van der Waals surface area contributed by atoms with Crippen molar-refractivity contribution in [2.75, 3.05) is 0 Å². The van der Waals surface area contributed by atoms with E-state index >= 15 is 0 Å². The van der Waals surface area contributed by atoms with Crippen LogP contribution in [0, 0.1) is 6.92 Å². The predicted molar refractivity (Wildman–Crippen MR) is 78.8 cm³/mol. The van der Waals surface area contributed by atoms with Gasteiger partial charge >= 0.3 is 0 Å². The second-order valence-corrected chi connectivity index (χ2v) is 5.22. The molecule has 0 aliphatic carbocycles. The second kappa shape index (κ2) is 4.90. The van der Waals surface area contributed by atoms with E-state index in [-0.39, 0.29) is 6.04 Å². The van der Waals surface area contributed by atoms with Gasteiger partial charge < -0.3 is 9.13 Å². The SMILES string of the molecule is Cc1cccc2c1nc(CCl)n2C(C)c1nncn1C. The highest BCUT2D eigenvalue weighted by molar-refractivity contribution is 6.16. The molecule has 20 heavy (non-hydrogen) atoms. The lowest BCUT2D eigenvalue weighted by Crippen LogP contribution is -2.14. The van der Waals surface area contributed by atoms with Crippen LogP contribution in [-0.2, 0) is 12.9 Å². The van der Waals surface area contributed by atoms with Crippen LogP contribution in [0.2, 0.25) is 0 Å². The number of benzene rings is 1. The van der Waals surface area contributed by atoms with Gasteiger partial charge in [-0.1, -0.05) is 12.1 Å². The van der Waals surface area contributed by atoms with Crippen molar-refractivity contribution in [2.24, 2.45) is 7.05 Å². The molecule has 0 saturated carbocycles. The van der Waals surface area contributed by atoms with E-state index in [1.165, 1.54) is 0 Å². The molecule has 0 bridgehead atoms. The topological polar surface area (TPSA) is 48.5 Å². The first-order chi connectivity index (χ1) is 9.63. The van der Waals surface area contributed by atoms with Crippen LogP contribution in [0.25, 0.3) is 11.0 Å². The van der Waals surface area contributed by atoms with E-state index in [9.17, 15) is 0 Å². The lowest BCUT2D eigenvalue weighted by molar-refractivity contribution is 0.572. The average Bonchev–Trinajstić information content (AvgIpc) is 3.02. The molecule has 0 aliphatic rings. The first-order valence-electron chi connectivity index (χ1n) is 6.49. The van der Waals surface area contributed by atoms with Crippen LogP contribution >= 0.6 is 11.6 Å². The molecule has 0 spiro atoms. The minimum atomic E-state index is 0.0306. The first kappa shape index (κ1) is 13.1. The summed E-state index contributed by atoms with van der Waals surface area (Å²) in [5.74, 6) is 2.11. The molecule has 1 unspecified atom stereocenters. The van der Waals surface area contributed by atoms with Crippen molar-refractivity contribution in [3.63, 3.8) is 0 Å². The molecule has 5 nitrogen and oxygen atoms in total. The molecule has 2 aromatic heterocycles. The van der Waals surface area contributed by atoms with Crippen LogP contribution in [0.4, 0.5) is 0 Å². The van der Waals surface area contributed by atoms with E-state index < -0.39 is 0 Å². The Morgan fingerprint density at radius 1 is 1.35 bits per heavy atom.